The summed E-state index contributed by atoms with van der Waals surface area (Å²) >= 11 is 0. The minimum Gasteiger partial charge on any atom is -0.240 e. The Bertz CT molecular complexity index is 501. The molecule has 2 aromatic rings. The third kappa shape index (κ3) is 1.92. The van der Waals surface area contributed by atoms with E-state index in [2.05, 4.69) is 55.9 Å². The van der Waals surface area contributed by atoms with E-state index in [1.165, 1.54) is 5.56 Å². The first-order valence-corrected chi connectivity index (χ1v) is 5.85. The van der Waals surface area contributed by atoms with Crippen molar-refractivity contribution in [1.29, 1.82) is 0 Å². The van der Waals surface area contributed by atoms with Crippen molar-refractivity contribution in [3.05, 3.63) is 35.8 Å². The van der Waals surface area contributed by atoms with E-state index in [4.69, 9.17) is 0 Å². The summed E-state index contributed by atoms with van der Waals surface area (Å²) in [4.78, 5) is 9.08. The van der Waals surface area contributed by atoms with Gasteiger partial charge in [-0.3, -0.25) is 0 Å². The van der Waals surface area contributed by atoms with E-state index in [1.54, 1.807) is 0 Å². The molecule has 0 atom stereocenters. The van der Waals surface area contributed by atoms with Crippen LogP contribution in [0.4, 0.5) is 0 Å². The van der Waals surface area contributed by atoms with Gasteiger partial charge in [0.05, 0.1) is 5.52 Å². The Balaban J connectivity index is 2.68. The second-order valence-corrected chi connectivity index (χ2v) is 4.82. The van der Waals surface area contributed by atoms with Gasteiger partial charge in [-0.15, -0.1) is 0 Å². The third-order valence-corrected chi connectivity index (χ3v) is 2.80. The standard InChI is InChI=1S/C14H18N2/c1-9(2)12-7-5-6-11-8-15-14(10(3)4)16-13(11)12/h5-10H,1-4H3. The van der Waals surface area contributed by atoms with Crippen molar-refractivity contribution in [2.24, 2.45) is 0 Å². The zero-order chi connectivity index (χ0) is 11.7. The SMILES string of the molecule is CC(C)c1ncc2cccc(C(C)C)c2n1. The normalized spacial score (nSPS) is 11.6. The van der Waals surface area contributed by atoms with Gasteiger partial charge in [0.25, 0.3) is 0 Å². The van der Waals surface area contributed by atoms with E-state index < -0.39 is 0 Å². The maximum Gasteiger partial charge on any atom is 0.131 e. The fourth-order valence-electron chi connectivity index (χ4n) is 1.84. The lowest BCUT2D eigenvalue weighted by atomic mass is 10.00. The van der Waals surface area contributed by atoms with Crippen LogP contribution in [0.25, 0.3) is 10.9 Å². The van der Waals surface area contributed by atoms with Crippen LogP contribution >= 0.6 is 0 Å². The van der Waals surface area contributed by atoms with E-state index in [1.807, 2.05) is 6.20 Å². The van der Waals surface area contributed by atoms with E-state index in [0.29, 0.717) is 11.8 Å². The molecule has 0 unspecified atom stereocenters. The highest BCUT2D eigenvalue weighted by atomic mass is 14.9. The summed E-state index contributed by atoms with van der Waals surface area (Å²) in [5, 5.41) is 1.13. The smallest absolute Gasteiger partial charge is 0.131 e. The second-order valence-electron chi connectivity index (χ2n) is 4.82. The van der Waals surface area contributed by atoms with Gasteiger partial charge in [-0.2, -0.15) is 0 Å². The monoisotopic (exact) mass is 214 g/mol. The molecule has 0 radical (unpaired) electrons. The molecule has 1 aromatic carbocycles. The van der Waals surface area contributed by atoms with Gasteiger partial charge in [-0.05, 0) is 11.5 Å². The summed E-state index contributed by atoms with van der Waals surface area (Å²) < 4.78 is 0. The lowest BCUT2D eigenvalue weighted by molar-refractivity contribution is 0.779. The lowest BCUT2D eigenvalue weighted by Crippen LogP contribution is -2.00. The first kappa shape index (κ1) is 11.1. The molecule has 0 bridgehead atoms. The molecule has 2 rings (SSSR count). The molecular formula is C14H18N2. The van der Waals surface area contributed by atoms with Gasteiger partial charge in [0.2, 0.25) is 0 Å². The van der Waals surface area contributed by atoms with Crippen LogP contribution in [0.3, 0.4) is 0 Å². The molecule has 0 aliphatic carbocycles. The fraction of sp³-hybridized carbons (Fsp3) is 0.429. The van der Waals surface area contributed by atoms with E-state index in [-0.39, 0.29) is 0 Å². The predicted octanol–water partition coefficient (Wildman–Crippen LogP) is 3.88. The first-order valence-electron chi connectivity index (χ1n) is 5.85. The summed E-state index contributed by atoms with van der Waals surface area (Å²) in [6.45, 7) is 8.65. The number of nitrogens with zero attached hydrogens (tertiary/aromatic N) is 2. The average Bonchev–Trinajstić information content (AvgIpc) is 2.27. The number of aromatic nitrogens is 2. The molecule has 0 N–H and O–H groups in total. The first-order chi connectivity index (χ1) is 7.59. The maximum absolute atomic E-state index is 4.68. The van der Waals surface area contributed by atoms with Crippen LogP contribution < -0.4 is 0 Å². The zero-order valence-corrected chi connectivity index (χ0v) is 10.4. The third-order valence-electron chi connectivity index (χ3n) is 2.80. The van der Waals surface area contributed by atoms with Crippen molar-refractivity contribution in [2.45, 2.75) is 39.5 Å². The lowest BCUT2D eigenvalue weighted by Gasteiger charge is -2.11. The van der Waals surface area contributed by atoms with Crippen molar-refractivity contribution in [1.82, 2.24) is 9.97 Å². The number of rotatable bonds is 2. The van der Waals surface area contributed by atoms with Crippen LogP contribution in [0.15, 0.2) is 24.4 Å². The van der Waals surface area contributed by atoms with Crippen LogP contribution in [0.2, 0.25) is 0 Å². The number of fused-ring (bicyclic) bond motifs is 1. The molecular weight excluding hydrogens is 196 g/mol. The number of para-hydroxylation sites is 1. The van der Waals surface area contributed by atoms with Gasteiger partial charge in [0, 0.05) is 17.5 Å². The molecule has 0 fully saturated rings. The Kier molecular flexibility index (Phi) is 2.90. The zero-order valence-electron chi connectivity index (χ0n) is 10.4. The number of hydrogen-bond acceptors (Lipinski definition) is 2. The molecule has 0 amide bonds. The number of hydrogen-bond donors (Lipinski definition) is 0. The average molecular weight is 214 g/mol. The summed E-state index contributed by atoms with van der Waals surface area (Å²) in [7, 11) is 0. The Morgan fingerprint density at radius 3 is 2.38 bits per heavy atom. The van der Waals surface area contributed by atoms with Crippen molar-refractivity contribution in [2.75, 3.05) is 0 Å². The molecule has 2 heteroatoms. The molecule has 1 heterocycles. The van der Waals surface area contributed by atoms with Gasteiger partial charge < -0.3 is 0 Å². The van der Waals surface area contributed by atoms with E-state index in [9.17, 15) is 0 Å². The highest BCUT2D eigenvalue weighted by molar-refractivity contribution is 5.81. The molecule has 16 heavy (non-hydrogen) atoms. The molecule has 0 saturated heterocycles. The van der Waals surface area contributed by atoms with Crippen LogP contribution in [-0.2, 0) is 0 Å². The molecule has 1 aromatic heterocycles. The summed E-state index contributed by atoms with van der Waals surface area (Å²) in [6, 6.07) is 6.31. The Labute approximate surface area is 96.7 Å². The fourth-order valence-corrected chi connectivity index (χ4v) is 1.84. The van der Waals surface area contributed by atoms with Crippen LogP contribution in [0, 0.1) is 0 Å². The highest BCUT2D eigenvalue weighted by Crippen LogP contribution is 2.24. The Hall–Kier alpha value is -1.44. The minimum atomic E-state index is 0.379. The van der Waals surface area contributed by atoms with Crippen LogP contribution in [-0.4, -0.2) is 9.97 Å². The molecule has 0 spiro atoms. The molecule has 0 aliphatic rings. The van der Waals surface area contributed by atoms with Gasteiger partial charge >= 0.3 is 0 Å². The van der Waals surface area contributed by atoms with Crippen molar-refractivity contribution < 1.29 is 0 Å². The minimum absolute atomic E-state index is 0.379. The summed E-state index contributed by atoms with van der Waals surface area (Å²) in [5.74, 6) is 1.81. The summed E-state index contributed by atoms with van der Waals surface area (Å²) in [5.41, 5.74) is 2.41. The van der Waals surface area contributed by atoms with Crippen molar-refractivity contribution in [3.8, 4) is 0 Å². The predicted molar refractivity (Wildman–Crippen MR) is 67.7 cm³/mol. The van der Waals surface area contributed by atoms with Gasteiger partial charge in [0.15, 0.2) is 0 Å². The molecule has 84 valence electrons. The molecule has 0 aliphatic heterocycles. The van der Waals surface area contributed by atoms with Gasteiger partial charge in [-0.1, -0.05) is 45.9 Å². The maximum atomic E-state index is 4.68. The topological polar surface area (TPSA) is 25.8 Å². The Morgan fingerprint density at radius 1 is 1.00 bits per heavy atom. The quantitative estimate of drug-likeness (QED) is 0.758. The highest BCUT2D eigenvalue weighted by Gasteiger charge is 2.09. The van der Waals surface area contributed by atoms with Gasteiger partial charge in [0.1, 0.15) is 5.82 Å². The summed E-state index contributed by atoms with van der Waals surface area (Å²) in [6.07, 6.45) is 1.93. The largest absolute Gasteiger partial charge is 0.240 e. The van der Waals surface area contributed by atoms with Gasteiger partial charge in [-0.25, -0.2) is 9.97 Å². The Morgan fingerprint density at radius 2 is 1.75 bits per heavy atom. The van der Waals surface area contributed by atoms with E-state index >= 15 is 0 Å². The number of benzene rings is 1. The van der Waals surface area contributed by atoms with Crippen molar-refractivity contribution >= 4 is 10.9 Å². The molecule has 0 saturated carbocycles. The molecule has 2 nitrogen and oxygen atoms in total. The van der Waals surface area contributed by atoms with Crippen molar-refractivity contribution in [3.63, 3.8) is 0 Å². The van der Waals surface area contributed by atoms with Crippen LogP contribution in [0.1, 0.15) is 50.9 Å². The van der Waals surface area contributed by atoms with Crippen LogP contribution in [0.5, 0.6) is 0 Å². The second kappa shape index (κ2) is 4.20. The van der Waals surface area contributed by atoms with E-state index in [0.717, 1.165) is 16.7 Å².